The normalized spacial score (nSPS) is 26.7. The highest BCUT2D eigenvalue weighted by Crippen LogP contribution is 2.27. The first-order chi connectivity index (χ1) is 7.34. The Labute approximate surface area is 96.1 Å². The number of aromatic nitrogens is 1. The predicted octanol–water partition coefficient (Wildman–Crippen LogP) is 3.06. The van der Waals surface area contributed by atoms with Crippen LogP contribution in [0.5, 0.6) is 0 Å². The van der Waals surface area contributed by atoms with Gasteiger partial charge in [0.25, 0.3) is 0 Å². The topological polar surface area (TPSA) is 24.9 Å². The molecule has 0 aliphatic heterocycles. The van der Waals surface area contributed by atoms with Crippen LogP contribution in [0.1, 0.15) is 37.5 Å². The molecule has 84 valence electrons. The molecule has 1 fully saturated rings. The van der Waals surface area contributed by atoms with E-state index in [-0.39, 0.29) is 0 Å². The van der Waals surface area contributed by atoms with E-state index in [4.69, 9.17) is 0 Å². The van der Waals surface area contributed by atoms with Crippen molar-refractivity contribution in [2.45, 2.75) is 39.2 Å². The molecular formula is C12H20N2S. The van der Waals surface area contributed by atoms with Crippen LogP contribution in [0.4, 0.5) is 0 Å². The molecule has 0 bridgehead atoms. The molecule has 0 atom stereocenters. The molecular weight excluding hydrogens is 204 g/mol. The van der Waals surface area contributed by atoms with Gasteiger partial charge in [-0.3, -0.25) is 4.98 Å². The molecule has 15 heavy (non-hydrogen) atoms. The molecule has 2 rings (SSSR count). The van der Waals surface area contributed by atoms with Gasteiger partial charge in [-0.05, 0) is 31.2 Å². The largest absolute Gasteiger partial charge is 0.312 e. The molecule has 1 N–H and O–H groups in total. The Hall–Kier alpha value is -0.410. The molecule has 0 radical (unpaired) electrons. The fourth-order valence-electron chi connectivity index (χ4n) is 2.26. The van der Waals surface area contributed by atoms with Crippen molar-refractivity contribution in [3.8, 4) is 0 Å². The Morgan fingerprint density at radius 1 is 1.40 bits per heavy atom. The number of rotatable bonds is 4. The first-order valence-corrected chi connectivity index (χ1v) is 6.80. The summed E-state index contributed by atoms with van der Waals surface area (Å²) in [6, 6.07) is 0. The maximum Gasteiger partial charge on any atom is 0.0794 e. The van der Waals surface area contributed by atoms with Crippen molar-refractivity contribution in [2.75, 3.05) is 6.54 Å². The van der Waals surface area contributed by atoms with E-state index in [9.17, 15) is 0 Å². The van der Waals surface area contributed by atoms with Gasteiger partial charge >= 0.3 is 0 Å². The van der Waals surface area contributed by atoms with Gasteiger partial charge in [-0.25, -0.2) is 0 Å². The van der Waals surface area contributed by atoms with Crippen LogP contribution in [0.25, 0.3) is 0 Å². The maximum atomic E-state index is 4.08. The van der Waals surface area contributed by atoms with Crippen LogP contribution in [0, 0.1) is 11.8 Å². The summed E-state index contributed by atoms with van der Waals surface area (Å²) in [7, 11) is 0. The summed E-state index contributed by atoms with van der Waals surface area (Å²) in [5.41, 5.74) is 1.90. The second-order valence-electron chi connectivity index (χ2n) is 4.72. The molecule has 0 aromatic carbocycles. The Morgan fingerprint density at radius 3 is 2.87 bits per heavy atom. The smallest absolute Gasteiger partial charge is 0.0794 e. The van der Waals surface area contributed by atoms with Gasteiger partial charge in [0, 0.05) is 17.6 Å². The number of thiazole rings is 1. The molecule has 1 aromatic rings. The Morgan fingerprint density at radius 2 is 2.20 bits per heavy atom. The molecule has 0 spiro atoms. The minimum absolute atomic E-state index is 0.911. The standard InChI is InChI=1S/C12H20N2S/c1-10-2-4-11(5-3-10)6-13-7-12-8-14-9-15-12/h8-11,13H,2-7H2,1H3. The van der Waals surface area contributed by atoms with Crippen LogP contribution < -0.4 is 5.32 Å². The molecule has 1 aliphatic carbocycles. The van der Waals surface area contributed by atoms with Crippen molar-refractivity contribution in [1.82, 2.24) is 10.3 Å². The summed E-state index contributed by atoms with van der Waals surface area (Å²) >= 11 is 1.74. The van der Waals surface area contributed by atoms with E-state index in [1.54, 1.807) is 11.3 Å². The van der Waals surface area contributed by atoms with E-state index in [0.717, 1.165) is 18.4 Å². The number of hydrogen-bond acceptors (Lipinski definition) is 3. The van der Waals surface area contributed by atoms with E-state index in [2.05, 4.69) is 17.2 Å². The molecule has 3 heteroatoms. The fourth-order valence-corrected chi connectivity index (χ4v) is 2.83. The summed E-state index contributed by atoms with van der Waals surface area (Å²) in [6.45, 7) is 4.56. The van der Waals surface area contributed by atoms with Gasteiger partial charge in [-0.1, -0.05) is 19.8 Å². The zero-order valence-electron chi connectivity index (χ0n) is 9.41. The summed E-state index contributed by atoms with van der Waals surface area (Å²) in [5.74, 6) is 1.87. The van der Waals surface area contributed by atoms with Crippen LogP contribution in [0.15, 0.2) is 11.7 Å². The molecule has 0 saturated heterocycles. The molecule has 1 heterocycles. The molecule has 1 aliphatic rings. The highest BCUT2D eigenvalue weighted by Gasteiger charge is 2.17. The number of nitrogens with one attached hydrogen (secondary N) is 1. The average molecular weight is 224 g/mol. The first kappa shape index (κ1) is 11.1. The van der Waals surface area contributed by atoms with Crippen LogP contribution in [-0.4, -0.2) is 11.5 Å². The highest BCUT2D eigenvalue weighted by atomic mass is 32.1. The highest BCUT2D eigenvalue weighted by molar-refractivity contribution is 7.09. The lowest BCUT2D eigenvalue weighted by molar-refractivity contribution is 0.281. The fraction of sp³-hybridized carbons (Fsp3) is 0.750. The monoisotopic (exact) mass is 224 g/mol. The van der Waals surface area contributed by atoms with Gasteiger partial charge in [0.15, 0.2) is 0 Å². The van der Waals surface area contributed by atoms with Crippen molar-refractivity contribution in [2.24, 2.45) is 11.8 Å². The third-order valence-electron chi connectivity index (χ3n) is 3.35. The van der Waals surface area contributed by atoms with Gasteiger partial charge in [-0.2, -0.15) is 0 Å². The van der Waals surface area contributed by atoms with Gasteiger partial charge in [0.2, 0.25) is 0 Å². The maximum absolute atomic E-state index is 4.08. The SMILES string of the molecule is CC1CCC(CNCc2cncs2)CC1. The molecule has 2 nitrogen and oxygen atoms in total. The molecule has 1 saturated carbocycles. The lowest BCUT2D eigenvalue weighted by atomic mass is 9.83. The van der Waals surface area contributed by atoms with Gasteiger partial charge < -0.3 is 5.32 Å². The second kappa shape index (κ2) is 5.61. The zero-order chi connectivity index (χ0) is 10.5. The lowest BCUT2D eigenvalue weighted by Gasteiger charge is -2.26. The Kier molecular flexibility index (Phi) is 4.15. The Bertz CT molecular complexity index is 263. The average Bonchev–Trinajstić information content (AvgIpc) is 2.74. The second-order valence-corrected chi connectivity index (χ2v) is 5.70. The third-order valence-corrected chi connectivity index (χ3v) is 4.13. The summed E-state index contributed by atoms with van der Waals surface area (Å²) in [4.78, 5) is 5.42. The minimum Gasteiger partial charge on any atom is -0.312 e. The minimum atomic E-state index is 0.911. The summed E-state index contributed by atoms with van der Waals surface area (Å²) in [6.07, 6.45) is 7.63. The summed E-state index contributed by atoms with van der Waals surface area (Å²) in [5, 5.41) is 3.54. The molecule has 0 amide bonds. The van der Waals surface area contributed by atoms with Crippen LogP contribution in [0.3, 0.4) is 0 Å². The van der Waals surface area contributed by atoms with E-state index in [0.29, 0.717) is 0 Å². The van der Waals surface area contributed by atoms with Crippen molar-refractivity contribution in [3.63, 3.8) is 0 Å². The molecule has 1 aromatic heterocycles. The van der Waals surface area contributed by atoms with E-state index >= 15 is 0 Å². The molecule has 0 unspecified atom stereocenters. The van der Waals surface area contributed by atoms with E-state index in [1.807, 2.05) is 11.7 Å². The zero-order valence-corrected chi connectivity index (χ0v) is 10.2. The van der Waals surface area contributed by atoms with Crippen molar-refractivity contribution < 1.29 is 0 Å². The first-order valence-electron chi connectivity index (χ1n) is 5.92. The van der Waals surface area contributed by atoms with Crippen molar-refractivity contribution in [1.29, 1.82) is 0 Å². The van der Waals surface area contributed by atoms with Crippen LogP contribution in [0.2, 0.25) is 0 Å². The van der Waals surface area contributed by atoms with E-state index in [1.165, 1.54) is 37.1 Å². The Balaban J connectivity index is 1.62. The van der Waals surface area contributed by atoms with Crippen LogP contribution in [-0.2, 0) is 6.54 Å². The van der Waals surface area contributed by atoms with Crippen molar-refractivity contribution in [3.05, 3.63) is 16.6 Å². The van der Waals surface area contributed by atoms with Crippen LogP contribution >= 0.6 is 11.3 Å². The number of nitrogens with zero attached hydrogens (tertiary/aromatic N) is 1. The quantitative estimate of drug-likeness (QED) is 0.850. The summed E-state index contributed by atoms with van der Waals surface area (Å²) < 4.78 is 0. The number of hydrogen-bond donors (Lipinski definition) is 1. The lowest BCUT2D eigenvalue weighted by Crippen LogP contribution is -2.25. The van der Waals surface area contributed by atoms with Gasteiger partial charge in [0.1, 0.15) is 0 Å². The van der Waals surface area contributed by atoms with Crippen molar-refractivity contribution >= 4 is 11.3 Å². The van der Waals surface area contributed by atoms with Gasteiger partial charge in [0.05, 0.1) is 5.51 Å². The van der Waals surface area contributed by atoms with E-state index < -0.39 is 0 Å². The predicted molar refractivity (Wildman–Crippen MR) is 64.9 cm³/mol. The van der Waals surface area contributed by atoms with Gasteiger partial charge in [-0.15, -0.1) is 11.3 Å². The third kappa shape index (κ3) is 3.58.